The molecule has 0 aliphatic heterocycles. The first-order valence-electron chi connectivity index (χ1n) is 3.78. The molecule has 2 N–H and O–H groups in total. The van der Waals surface area contributed by atoms with Gasteiger partial charge in [0.05, 0.1) is 18.2 Å². The monoisotopic (exact) mass is 181 g/mol. The molecule has 0 saturated heterocycles. The van der Waals surface area contributed by atoms with Crippen LogP contribution in [-0.2, 0) is 12.8 Å². The van der Waals surface area contributed by atoms with Gasteiger partial charge >= 0.3 is 0 Å². The Hall–Kier alpha value is -0.920. The fourth-order valence-corrected chi connectivity index (χ4v) is 1.66. The minimum absolute atomic E-state index is 0.141. The zero-order chi connectivity index (χ0) is 8.97. The summed E-state index contributed by atoms with van der Waals surface area (Å²) in [5.41, 5.74) is 6.61. The van der Waals surface area contributed by atoms with Gasteiger partial charge in [0.1, 0.15) is 5.01 Å². The van der Waals surface area contributed by atoms with Gasteiger partial charge in [-0.3, -0.25) is 0 Å². The molecule has 0 saturated carbocycles. The van der Waals surface area contributed by atoms with Gasteiger partial charge in [0.25, 0.3) is 0 Å². The van der Waals surface area contributed by atoms with E-state index in [1.165, 1.54) is 11.3 Å². The second kappa shape index (κ2) is 4.19. The molecule has 1 atom stereocenters. The molecule has 3 nitrogen and oxygen atoms in total. The highest BCUT2D eigenvalue weighted by molar-refractivity contribution is 7.09. The molecule has 1 aromatic heterocycles. The van der Waals surface area contributed by atoms with Gasteiger partial charge in [-0.1, -0.05) is 0 Å². The standard InChI is InChI=1S/C8H11N3S/c1-6(10)4-7-5-12-8(11-7)2-3-9/h5-6H,2,4,10H2,1H3. The maximum absolute atomic E-state index is 8.40. The van der Waals surface area contributed by atoms with Crippen molar-refractivity contribution >= 4 is 11.3 Å². The van der Waals surface area contributed by atoms with E-state index in [9.17, 15) is 0 Å². The van der Waals surface area contributed by atoms with Crippen LogP contribution < -0.4 is 5.73 Å². The van der Waals surface area contributed by atoms with Crippen LogP contribution in [0, 0.1) is 11.3 Å². The second-order valence-electron chi connectivity index (χ2n) is 2.75. The topological polar surface area (TPSA) is 62.7 Å². The van der Waals surface area contributed by atoms with Gasteiger partial charge in [0.15, 0.2) is 0 Å². The highest BCUT2D eigenvalue weighted by atomic mass is 32.1. The summed E-state index contributed by atoms with van der Waals surface area (Å²) in [6.07, 6.45) is 1.20. The Labute approximate surface area is 75.8 Å². The number of aromatic nitrogens is 1. The first-order valence-corrected chi connectivity index (χ1v) is 4.66. The van der Waals surface area contributed by atoms with E-state index < -0.39 is 0 Å². The lowest BCUT2D eigenvalue weighted by Gasteiger charge is -1.98. The number of hydrogen-bond donors (Lipinski definition) is 1. The van der Waals surface area contributed by atoms with Gasteiger partial charge in [0, 0.05) is 17.8 Å². The van der Waals surface area contributed by atoms with E-state index in [0.29, 0.717) is 6.42 Å². The molecule has 0 aliphatic rings. The SMILES string of the molecule is CC(N)Cc1csc(CC#N)n1. The summed E-state index contributed by atoms with van der Waals surface area (Å²) < 4.78 is 0. The van der Waals surface area contributed by atoms with Crippen molar-refractivity contribution in [2.75, 3.05) is 0 Å². The smallest absolute Gasteiger partial charge is 0.107 e. The molecule has 0 spiro atoms. The number of nitriles is 1. The van der Waals surface area contributed by atoms with Crippen LogP contribution in [0.5, 0.6) is 0 Å². The minimum atomic E-state index is 0.141. The van der Waals surface area contributed by atoms with Crippen LogP contribution in [0.15, 0.2) is 5.38 Å². The predicted molar refractivity (Wildman–Crippen MR) is 48.8 cm³/mol. The summed E-state index contributed by atoms with van der Waals surface area (Å²) in [5.74, 6) is 0. The van der Waals surface area contributed by atoms with Crippen molar-refractivity contribution in [1.29, 1.82) is 5.26 Å². The molecule has 1 heterocycles. The maximum atomic E-state index is 8.40. The van der Waals surface area contributed by atoms with Crippen LogP contribution in [0.3, 0.4) is 0 Å². The van der Waals surface area contributed by atoms with Gasteiger partial charge < -0.3 is 5.73 Å². The number of hydrogen-bond acceptors (Lipinski definition) is 4. The molecule has 0 fully saturated rings. The molecular formula is C8H11N3S. The van der Waals surface area contributed by atoms with Crippen LogP contribution >= 0.6 is 11.3 Å². The predicted octanol–water partition coefficient (Wildman–Crippen LogP) is 1.10. The lowest BCUT2D eigenvalue weighted by atomic mass is 10.2. The third kappa shape index (κ3) is 2.61. The van der Waals surface area contributed by atoms with Crippen molar-refractivity contribution in [2.45, 2.75) is 25.8 Å². The van der Waals surface area contributed by atoms with Crippen molar-refractivity contribution in [2.24, 2.45) is 5.73 Å². The molecule has 1 unspecified atom stereocenters. The zero-order valence-corrected chi connectivity index (χ0v) is 7.77. The number of rotatable bonds is 3. The lowest BCUT2D eigenvalue weighted by Crippen LogP contribution is -2.17. The Morgan fingerprint density at radius 1 is 1.83 bits per heavy atom. The van der Waals surface area contributed by atoms with Crippen molar-refractivity contribution in [3.63, 3.8) is 0 Å². The number of thiazole rings is 1. The summed E-state index contributed by atoms with van der Waals surface area (Å²) in [5, 5.41) is 11.3. The zero-order valence-electron chi connectivity index (χ0n) is 6.95. The summed E-state index contributed by atoms with van der Waals surface area (Å²) in [4.78, 5) is 4.26. The molecule has 0 amide bonds. The molecule has 0 bridgehead atoms. The molecule has 0 aliphatic carbocycles. The first-order chi connectivity index (χ1) is 5.72. The molecule has 0 aromatic carbocycles. The summed E-state index contributed by atoms with van der Waals surface area (Å²) in [6, 6.07) is 2.21. The molecule has 1 aromatic rings. The molecular weight excluding hydrogens is 170 g/mol. The summed E-state index contributed by atoms with van der Waals surface area (Å²) in [7, 11) is 0. The Kier molecular flexibility index (Phi) is 3.20. The Bertz CT molecular complexity index is 285. The van der Waals surface area contributed by atoms with Gasteiger partial charge in [-0.2, -0.15) is 5.26 Å². The third-order valence-electron chi connectivity index (χ3n) is 1.36. The average molecular weight is 181 g/mol. The van der Waals surface area contributed by atoms with E-state index in [1.54, 1.807) is 0 Å². The van der Waals surface area contributed by atoms with Crippen molar-refractivity contribution in [3.05, 3.63) is 16.1 Å². The van der Waals surface area contributed by atoms with Crippen LogP contribution in [0.1, 0.15) is 17.6 Å². The van der Waals surface area contributed by atoms with E-state index in [2.05, 4.69) is 11.1 Å². The third-order valence-corrected chi connectivity index (χ3v) is 2.26. The average Bonchev–Trinajstić information content (AvgIpc) is 2.36. The van der Waals surface area contributed by atoms with E-state index in [-0.39, 0.29) is 6.04 Å². The van der Waals surface area contributed by atoms with E-state index in [1.807, 2.05) is 12.3 Å². The quantitative estimate of drug-likeness (QED) is 0.759. The van der Waals surface area contributed by atoms with Gasteiger partial charge in [-0.05, 0) is 6.92 Å². The van der Waals surface area contributed by atoms with Gasteiger partial charge in [0.2, 0.25) is 0 Å². The molecule has 12 heavy (non-hydrogen) atoms. The first kappa shape index (κ1) is 9.17. The minimum Gasteiger partial charge on any atom is -0.328 e. The molecule has 0 radical (unpaired) electrons. The number of nitrogens with zero attached hydrogens (tertiary/aromatic N) is 2. The van der Waals surface area contributed by atoms with Crippen LogP contribution in [0.2, 0.25) is 0 Å². The molecule has 64 valence electrons. The van der Waals surface area contributed by atoms with Gasteiger partial charge in [-0.15, -0.1) is 11.3 Å². The fraction of sp³-hybridized carbons (Fsp3) is 0.500. The van der Waals surface area contributed by atoms with Crippen LogP contribution in [0.25, 0.3) is 0 Å². The van der Waals surface area contributed by atoms with Crippen molar-refractivity contribution < 1.29 is 0 Å². The maximum Gasteiger partial charge on any atom is 0.107 e. The fourth-order valence-electron chi connectivity index (χ4n) is 0.921. The van der Waals surface area contributed by atoms with E-state index in [4.69, 9.17) is 11.0 Å². The Morgan fingerprint density at radius 3 is 3.17 bits per heavy atom. The van der Waals surface area contributed by atoms with Crippen molar-refractivity contribution in [1.82, 2.24) is 4.98 Å². The van der Waals surface area contributed by atoms with Gasteiger partial charge in [-0.25, -0.2) is 4.98 Å². The Balaban J connectivity index is 2.59. The Morgan fingerprint density at radius 2 is 2.58 bits per heavy atom. The van der Waals surface area contributed by atoms with Crippen LogP contribution in [-0.4, -0.2) is 11.0 Å². The highest BCUT2D eigenvalue weighted by Gasteiger charge is 2.03. The molecule has 4 heteroatoms. The highest BCUT2D eigenvalue weighted by Crippen LogP contribution is 2.11. The molecule has 1 rings (SSSR count). The normalized spacial score (nSPS) is 12.4. The van der Waals surface area contributed by atoms with Crippen LogP contribution in [0.4, 0.5) is 0 Å². The van der Waals surface area contributed by atoms with E-state index >= 15 is 0 Å². The lowest BCUT2D eigenvalue weighted by molar-refractivity contribution is 0.724. The summed E-state index contributed by atoms with van der Waals surface area (Å²) in [6.45, 7) is 1.95. The van der Waals surface area contributed by atoms with E-state index in [0.717, 1.165) is 17.1 Å². The second-order valence-corrected chi connectivity index (χ2v) is 3.69. The van der Waals surface area contributed by atoms with Crippen molar-refractivity contribution in [3.8, 4) is 6.07 Å². The largest absolute Gasteiger partial charge is 0.328 e. The summed E-state index contributed by atoms with van der Waals surface area (Å²) >= 11 is 1.53. The number of nitrogens with two attached hydrogens (primary N) is 1.